The highest BCUT2D eigenvalue weighted by Crippen LogP contribution is 2.15. The minimum absolute atomic E-state index is 0.0327. The van der Waals surface area contributed by atoms with Gasteiger partial charge >= 0.3 is 0 Å². The van der Waals surface area contributed by atoms with Crippen molar-refractivity contribution in [3.8, 4) is 5.75 Å². The molecule has 0 unspecified atom stereocenters. The number of carbonyl (C=O) groups excluding carboxylic acids is 1. The van der Waals surface area contributed by atoms with Gasteiger partial charge in [0.05, 0.1) is 0 Å². The first-order chi connectivity index (χ1) is 10.1. The topological polar surface area (TPSA) is 38.3 Å². The lowest BCUT2D eigenvalue weighted by atomic mass is 10.1. The van der Waals surface area contributed by atoms with E-state index in [9.17, 15) is 13.6 Å². The Hall–Kier alpha value is -2.43. The molecule has 0 fully saturated rings. The van der Waals surface area contributed by atoms with Gasteiger partial charge in [0.15, 0.2) is 18.2 Å². The molecule has 110 valence electrons. The number of carbonyl (C=O) groups is 1. The standard InChI is InChI=1S/C16H15F2NO2/c1-11-8-12(6-7-13(11)17)9-19-16(20)10-21-15-5-3-2-4-14(15)18/h2-8H,9-10H2,1H3,(H,19,20). The Balaban J connectivity index is 1.82. The molecule has 0 bridgehead atoms. The summed E-state index contributed by atoms with van der Waals surface area (Å²) in [5.41, 5.74) is 1.30. The third kappa shape index (κ3) is 4.27. The number of halogens is 2. The lowest BCUT2D eigenvalue weighted by molar-refractivity contribution is -0.123. The highest BCUT2D eigenvalue weighted by atomic mass is 19.1. The van der Waals surface area contributed by atoms with Crippen molar-refractivity contribution in [2.24, 2.45) is 0 Å². The van der Waals surface area contributed by atoms with Crippen LogP contribution in [-0.2, 0) is 11.3 Å². The van der Waals surface area contributed by atoms with Crippen molar-refractivity contribution in [1.82, 2.24) is 5.32 Å². The fraction of sp³-hybridized carbons (Fsp3) is 0.188. The van der Waals surface area contributed by atoms with E-state index in [1.807, 2.05) is 0 Å². The Kier molecular flexibility index (Phi) is 4.87. The summed E-state index contributed by atoms with van der Waals surface area (Å²) in [4.78, 5) is 11.6. The number of benzene rings is 2. The molecular weight excluding hydrogens is 276 g/mol. The summed E-state index contributed by atoms with van der Waals surface area (Å²) in [7, 11) is 0. The van der Waals surface area contributed by atoms with Crippen LogP contribution in [-0.4, -0.2) is 12.5 Å². The molecule has 21 heavy (non-hydrogen) atoms. The van der Waals surface area contributed by atoms with Crippen LogP contribution in [0.15, 0.2) is 42.5 Å². The molecule has 3 nitrogen and oxygen atoms in total. The van der Waals surface area contributed by atoms with Crippen LogP contribution in [0.3, 0.4) is 0 Å². The average Bonchev–Trinajstić information content (AvgIpc) is 2.47. The summed E-state index contributed by atoms with van der Waals surface area (Å²) in [5.74, 6) is -1.14. The Morgan fingerprint density at radius 2 is 1.90 bits per heavy atom. The monoisotopic (exact) mass is 291 g/mol. The van der Waals surface area contributed by atoms with Crippen LogP contribution >= 0.6 is 0 Å². The number of para-hydroxylation sites is 1. The number of hydrogen-bond acceptors (Lipinski definition) is 2. The van der Waals surface area contributed by atoms with E-state index >= 15 is 0 Å². The molecule has 2 aromatic rings. The van der Waals surface area contributed by atoms with Crippen molar-refractivity contribution in [2.75, 3.05) is 6.61 Å². The fourth-order valence-corrected chi connectivity index (χ4v) is 1.77. The highest BCUT2D eigenvalue weighted by molar-refractivity contribution is 5.77. The summed E-state index contributed by atoms with van der Waals surface area (Å²) >= 11 is 0. The summed E-state index contributed by atoms with van der Waals surface area (Å²) in [6.45, 7) is 1.64. The van der Waals surface area contributed by atoms with E-state index in [1.165, 1.54) is 18.2 Å². The summed E-state index contributed by atoms with van der Waals surface area (Å²) in [5, 5.41) is 2.63. The van der Waals surface area contributed by atoms with Gasteiger partial charge < -0.3 is 10.1 Å². The largest absolute Gasteiger partial charge is 0.481 e. The third-order valence-corrected chi connectivity index (χ3v) is 2.91. The van der Waals surface area contributed by atoms with Gasteiger partial charge in [0.25, 0.3) is 5.91 Å². The molecule has 0 aliphatic carbocycles. The molecule has 0 aliphatic heterocycles. The van der Waals surface area contributed by atoms with Gasteiger partial charge in [-0.15, -0.1) is 0 Å². The van der Waals surface area contributed by atoms with E-state index in [1.54, 1.807) is 31.2 Å². The number of aryl methyl sites for hydroxylation is 1. The van der Waals surface area contributed by atoms with Gasteiger partial charge in [-0.2, -0.15) is 0 Å². The van der Waals surface area contributed by atoms with Gasteiger partial charge in [-0.05, 0) is 36.2 Å². The predicted octanol–water partition coefficient (Wildman–Crippen LogP) is 2.97. The average molecular weight is 291 g/mol. The highest BCUT2D eigenvalue weighted by Gasteiger charge is 2.06. The van der Waals surface area contributed by atoms with Gasteiger partial charge in [-0.1, -0.05) is 24.3 Å². The van der Waals surface area contributed by atoms with Crippen LogP contribution in [0.4, 0.5) is 8.78 Å². The molecule has 0 aromatic heterocycles. The number of rotatable bonds is 5. The number of amides is 1. The Bertz CT molecular complexity index is 644. The minimum atomic E-state index is -0.514. The molecule has 0 saturated carbocycles. The van der Waals surface area contributed by atoms with Gasteiger partial charge in [-0.25, -0.2) is 8.78 Å². The maximum atomic E-state index is 13.3. The first kappa shape index (κ1) is 15.0. The van der Waals surface area contributed by atoms with Gasteiger partial charge in [-0.3, -0.25) is 4.79 Å². The van der Waals surface area contributed by atoms with E-state index in [0.717, 1.165) is 5.56 Å². The summed E-state index contributed by atoms with van der Waals surface area (Å²) in [6.07, 6.45) is 0. The second-order valence-electron chi connectivity index (χ2n) is 4.58. The Morgan fingerprint density at radius 1 is 1.14 bits per heavy atom. The normalized spacial score (nSPS) is 10.2. The Labute approximate surface area is 121 Å². The van der Waals surface area contributed by atoms with Gasteiger partial charge in [0, 0.05) is 6.54 Å². The number of nitrogens with one attached hydrogen (secondary N) is 1. The second-order valence-corrected chi connectivity index (χ2v) is 4.58. The molecular formula is C16H15F2NO2. The summed E-state index contributed by atoms with van der Waals surface area (Å²) in [6, 6.07) is 10.5. The molecule has 2 rings (SSSR count). The van der Waals surface area contributed by atoms with E-state index in [4.69, 9.17) is 4.74 Å². The van der Waals surface area contributed by atoms with Crippen molar-refractivity contribution < 1.29 is 18.3 Å². The molecule has 0 heterocycles. The first-order valence-corrected chi connectivity index (χ1v) is 6.45. The van der Waals surface area contributed by atoms with E-state index in [-0.39, 0.29) is 30.6 Å². The van der Waals surface area contributed by atoms with Crippen LogP contribution < -0.4 is 10.1 Å². The Morgan fingerprint density at radius 3 is 2.62 bits per heavy atom. The minimum Gasteiger partial charge on any atom is -0.481 e. The smallest absolute Gasteiger partial charge is 0.258 e. The van der Waals surface area contributed by atoms with Crippen molar-refractivity contribution in [2.45, 2.75) is 13.5 Å². The molecule has 1 N–H and O–H groups in total. The zero-order valence-corrected chi connectivity index (χ0v) is 11.5. The molecule has 0 atom stereocenters. The van der Waals surface area contributed by atoms with E-state index in [0.29, 0.717) is 5.56 Å². The van der Waals surface area contributed by atoms with Crippen LogP contribution in [0.1, 0.15) is 11.1 Å². The van der Waals surface area contributed by atoms with Crippen LogP contribution in [0.25, 0.3) is 0 Å². The van der Waals surface area contributed by atoms with Crippen molar-refractivity contribution in [3.63, 3.8) is 0 Å². The zero-order valence-electron chi connectivity index (χ0n) is 11.5. The zero-order chi connectivity index (χ0) is 15.2. The van der Waals surface area contributed by atoms with Crippen molar-refractivity contribution in [3.05, 3.63) is 65.2 Å². The summed E-state index contributed by atoms with van der Waals surface area (Å²) < 4.78 is 31.5. The van der Waals surface area contributed by atoms with E-state index < -0.39 is 5.82 Å². The quantitative estimate of drug-likeness (QED) is 0.919. The van der Waals surface area contributed by atoms with Crippen LogP contribution in [0.5, 0.6) is 5.75 Å². The first-order valence-electron chi connectivity index (χ1n) is 6.45. The maximum absolute atomic E-state index is 13.3. The molecule has 0 spiro atoms. The number of hydrogen-bond donors (Lipinski definition) is 1. The fourth-order valence-electron chi connectivity index (χ4n) is 1.77. The van der Waals surface area contributed by atoms with Crippen LogP contribution in [0, 0.1) is 18.6 Å². The molecule has 2 aromatic carbocycles. The predicted molar refractivity (Wildman–Crippen MR) is 74.9 cm³/mol. The van der Waals surface area contributed by atoms with Crippen molar-refractivity contribution in [1.29, 1.82) is 0 Å². The number of ether oxygens (including phenoxy) is 1. The molecule has 0 aliphatic rings. The lowest BCUT2D eigenvalue weighted by Crippen LogP contribution is -2.28. The van der Waals surface area contributed by atoms with Gasteiger partial charge in [0.2, 0.25) is 0 Å². The van der Waals surface area contributed by atoms with Crippen LogP contribution in [0.2, 0.25) is 0 Å². The lowest BCUT2D eigenvalue weighted by Gasteiger charge is -2.08. The molecule has 1 amide bonds. The third-order valence-electron chi connectivity index (χ3n) is 2.91. The maximum Gasteiger partial charge on any atom is 0.258 e. The van der Waals surface area contributed by atoms with Gasteiger partial charge in [0.1, 0.15) is 5.82 Å². The SMILES string of the molecule is Cc1cc(CNC(=O)COc2ccccc2F)ccc1F. The molecule has 5 heteroatoms. The molecule has 0 radical (unpaired) electrons. The van der Waals surface area contributed by atoms with Crippen molar-refractivity contribution >= 4 is 5.91 Å². The van der Waals surface area contributed by atoms with E-state index in [2.05, 4.69) is 5.32 Å². The molecule has 0 saturated heterocycles. The second kappa shape index (κ2) is 6.83.